The summed E-state index contributed by atoms with van der Waals surface area (Å²) < 4.78 is 22.0. The number of hydrogen-bond donors (Lipinski definition) is 1. The van der Waals surface area contributed by atoms with Crippen molar-refractivity contribution in [1.82, 2.24) is 0 Å². The fourth-order valence-corrected chi connectivity index (χ4v) is 2.42. The number of methoxy groups -OCH3 is 1. The highest BCUT2D eigenvalue weighted by Gasteiger charge is 2.03. The molecule has 2 N–H and O–H groups in total. The number of benzene rings is 1. The zero-order chi connectivity index (χ0) is 12.5. The Labute approximate surface area is 105 Å². The van der Waals surface area contributed by atoms with Gasteiger partial charge in [0.2, 0.25) is 0 Å². The highest BCUT2D eigenvalue weighted by Crippen LogP contribution is 2.11. The van der Waals surface area contributed by atoms with Crippen molar-refractivity contribution >= 4 is 16.5 Å². The standard InChI is InChI=1S/C12H19NO3S/c1-15-7-8-16-6-3-9-17(14)12-5-2-4-11(13)10-12/h2,4-5,10H,3,6-9,13H2,1H3. The van der Waals surface area contributed by atoms with Crippen molar-refractivity contribution in [3.05, 3.63) is 24.3 Å². The van der Waals surface area contributed by atoms with Crippen LogP contribution in [0.4, 0.5) is 5.69 Å². The molecular weight excluding hydrogens is 238 g/mol. The van der Waals surface area contributed by atoms with E-state index < -0.39 is 10.8 Å². The summed E-state index contributed by atoms with van der Waals surface area (Å²) in [5.74, 6) is 0.594. The molecule has 0 saturated heterocycles. The minimum atomic E-state index is -0.992. The minimum Gasteiger partial charge on any atom is -0.399 e. The summed E-state index contributed by atoms with van der Waals surface area (Å²) in [6, 6.07) is 7.19. The Balaban J connectivity index is 2.21. The lowest BCUT2D eigenvalue weighted by atomic mass is 10.3. The Morgan fingerprint density at radius 3 is 2.82 bits per heavy atom. The maximum absolute atomic E-state index is 11.9. The van der Waals surface area contributed by atoms with Crippen molar-refractivity contribution in [2.75, 3.05) is 38.4 Å². The Morgan fingerprint density at radius 1 is 1.29 bits per heavy atom. The molecular formula is C12H19NO3S. The first-order valence-electron chi connectivity index (χ1n) is 5.54. The molecule has 1 atom stereocenters. The second-order valence-electron chi connectivity index (χ2n) is 3.58. The molecule has 0 fully saturated rings. The van der Waals surface area contributed by atoms with E-state index in [1.807, 2.05) is 12.1 Å². The first-order valence-corrected chi connectivity index (χ1v) is 6.86. The van der Waals surface area contributed by atoms with Gasteiger partial charge < -0.3 is 15.2 Å². The van der Waals surface area contributed by atoms with Crippen molar-refractivity contribution in [2.45, 2.75) is 11.3 Å². The highest BCUT2D eigenvalue weighted by atomic mass is 32.2. The molecule has 0 amide bonds. The van der Waals surface area contributed by atoms with Gasteiger partial charge in [0, 0.05) is 30.1 Å². The van der Waals surface area contributed by atoms with Crippen molar-refractivity contribution in [1.29, 1.82) is 0 Å². The van der Waals surface area contributed by atoms with E-state index in [0.717, 1.165) is 11.3 Å². The molecule has 0 aliphatic rings. The van der Waals surface area contributed by atoms with Crippen LogP contribution in [0.2, 0.25) is 0 Å². The second kappa shape index (κ2) is 8.22. The molecule has 17 heavy (non-hydrogen) atoms. The van der Waals surface area contributed by atoms with E-state index in [1.54, 1.807) is 19.2 Å². The third-order valence-corrected chi connectivity index (χ3v) is 3.61. The van der Waals surface area contributed by atoms with Crippen molar-refractivity contribution < 1.29 is 13.7 Å². The Hall–Kier alpha value is -0.910. The molecule has 1 aromatic carbocycles. The molecule has 0 aromatic heterocycles. The number of nitrogens with two attached hydrogens (primary N) is 1. The summed E-state index contributed by atoms with van der Waals surface area (Å²) in [6.45, 7) is 1.79. The Kier molecular flexibility index (Phi) is 6.84. The number of hydrogen-bond acceptors (Lipinski definition) is 4. The van der Waals surface area contributed by atoms with Gasteiger partial charge in [0.1, 0.15) is 0 Å². The van der Waals surface area contributed by atoms with Crippen LogP contribution in [0.5, 0.6) is 0 Å². The summed E-state index contributed by atoms with van der Waals surface area (Å²) in [5.41, 5.74) is 6.28. The van der Waals surface area contributed by atoms with E-state index >= 15 is 0 Å². The molecule has 1 rings (SSSR count). The van der Waals surface area contributed by atoms with Gasteiger partial charge in [-0.05, 0) is 24.6 Å². The topological polar surface area (TPSA) is 61.5 Å². The van der Waals surface area contributed by atoms with Gasteiger partial charge in [0.05, 0.1) is 24.0 Å². The number of anilines is 1. The van der Waals surface area contributed by atoms with E-state index in [9.17, 15) is 4.21 Å². The van der Waals surface area contributed by atoms with Gasteiger partial charge in [-0.25, -0.2) is 0 Å². The first kappa shape index (κ1) is 14.2. The normalized spacial score (nSPS) is 12.5. The zero-order valence-electron chi connectivity index (χ0n) is 10.1. The quantitative estimate of drug-likeness (QED) is 0.565. The van der Waals surface area contributed by atoms with Crippen LogP contribution < -0.4 is 5.73 Å². The van der Waals surface area contributed by atoms with E-state index in [0.29, 0.717) is 31.3 Å². The van der Waals surface area contributed by atoms with Gasteiger partial charge in [-0.1, -0.05) is 6.07 Å². The lowest BCUT2D eigenvalue weighted by molar-refractivity contribution is 0.0713. The fraction of sp³-hybridized carbons (Fsp3) is 0.500. The SMILES string of the molecule is COCCOCCCS(=O)c1cccc(N)c1. The number of ether oxygens (including phenoxy) is 2. The molecule has 96 valence electrons. The predicted molar refractivity (Wildman–Crippen MR) is 69.4 cm³/mol. The van der Waals surface area contributed by atoms with E-state index in [4.69, 9.17) is 15.2 Å². The van der Waals surface area contributed by atoms with Gasteiger partial charge in [0.25, 0.3) is 0 Å². The van der Waals surface area contributed by atoms with Gasteiger partial charge in [0.15, 0.2) is 0 Å². The molecule has 0 saturated carbocycles. The smallest absolute Gasteiger partial charge is 0.0700 e. The third-order valence-electron chi connectivity index (χ3n) is 2.17. The van der Waals surface area contributed by atoms with Crippen LogP contribution in [0, 0.1) is 0 Å². The third kappa shape index (κ3) is 5.81. The molecule has 0 radical (unpaired) electrons. The van der Waals surface area contributed by atoms with Crippen molar-refractivity contribution in [3.8, 4) is 0 Å². The fourth-order valence-electron chi connectivity index (χ4n) is 1.31. The van der Waals surface area contributed by atoms with Gasteiger partial charge in [-0.2, -0.15) is 0 Å². The lowest BCUT2D eigenvalue weighted by Gasteiger charge is -2.04. The maximum atomic E-state index is 11.9. The maximum Gasteiger partial charge on any atom is 0.0700 e. The largest absolute Gasteiger partial charge is 0.399 e. The average molecular weight is 257 g/mol. The van der Waals surface area contributed by atoms with Crippen LogP contribution in [0.3, 0.4) is 0 Å². The summed E-state index contributed by atoms with van der Waals surface area (Å²) in [7, 11) is 0.645. The van der Waals surface area contributed by atoms with Crippen molar-refractivity contribution in [3.63, 3.8) is 0 Å². The monoisotopic (exact) mass is 257 g/mol. The van der Waals surface area contributed by atoms with Crippen LogP contribution >= 0.6 is 0 Å². The molecule has 0 spiro atoms. The average Bonchev–Trinajstić information content (AvgIpc) is 2.33. The van der Waals surface area contributed by atoms with E-state index in [-0.39, 0.29) is 0 Å². The molecule has 0 aliphatic carbocycles. The lowest BCUT2D eigenvalue weighted by Crippen LogP contribution is -2.06. The van der Waals surface area contributed by atoms with Gasteiger partial charge in [-0.3, -0.25) is 4.21 Å². The molecule has 0 heterocycles. The molecule has 5 heteroatoms. The molecule has 0 aliphatic heterocycles. The zero-order valence-corrected chi connectivity index (χ0v) is 10.9. The number of rotatable bonds is 8. The molecule has 1 aromatic rings. The minimum absolute atomic E-state index is 0.585. The Morgan fingerprint density at radius 2 is 2.12 bits per heavy atom. The van der Waals surface area contributed by atoms with E-state index in [1.165, 1.54) is 0 Å². The Bertz CT molecular complexity index is 357. The summed E-state index contributed by atoms with van der Waals surface area (Å²) in [4.78, 5) is 0.780. The van der Waals surface area contributed by atoms with Crippen LogP contribution in [0.15, 0.2) is 29.2 Å². The predicted octanol–water partition coefficient (Wildman–Crippen LogP) is 1.43. The summed E-state index contributed by atoms with van der Waals surface area (Å²) in [5, 5.41) is 0. The summed E-state index contributed by atoms with van der Waals surface area (Å²) >= 11 is 0. The number of nitrogen functional groups attached to an aromatic ring is 1. The molecule has 4 nitrogen and oxygen atoms in total. The van der Waals surface area contributed by atoms with E-state index in [2.05, 4.69) is 0 Å². The first-order chi connectivity index (χ1) is 8.24. The van der Waals surface area contributed by atoms with Crippen LogP contribution in [0.25, 0.3) is 0 Å². The van der Waals surface area contributed by atoms with Crippen LogP contribution in [-0.4, -0.2) is 36.9 Å². The summed E-state index contributed by atoms with van der Waals surface area (Å²) in [6.07, 6.45) is 0.769. The van der Waals surface area contributed by atoms with Crippen molar-refractivity contribution in [2.24, 2.45) is 0 Å². The van der Waals surface area contributed by atoms with Crippen LogP contribution in [0.1, 0.15) is 6.42 Å². The van der Waals surface area contributed by atoms with Crippen LogP contribution in [-0.2, 0) is 20.3 Å². The van der Waals surface area contributed by atoms with Gasteiger partial charge in [-0.15, -0.1) is 0 Å². The molecule has 1 unspecified atom stereocenters. The highest BCUT2D eigenvalue weighted by molar-refractivity contribution is 7.85. The second-order valence-corrected chi connectivity index (χ2v) is 5.15. The van der Waals surface area contributed by atoms with Gasteiger partial charge >= 0.3 is 0 Å². The molecule has 0 bridgehead atoms.